The van der Waals surface area contributed by atoms with Crippen molar-refractivity contribution in [3.05, 3.63) is 518 Å². The molecule has 2 aliphatic heterocycles. The van der Waals surface area contributed by atoms with E-state index in [-0.39, 0.29) is 0 Å². The Kier molecular flexibility index (Phi) is 17.7. The number of rotatable bonds is 12. The number of para-hydroxylation sites is 6. The first-order valence-corrected chi connectivity index (χ1v) is 49.4. The summed E-state index contributed by atoms with van der Waals surface area (Å²) < 4.78 is 26.2. The zero-order valence-electron chi connectivity index (χ0n) is 76.8. The number of aromatic nitrogens is 6. The van der Waals surface area contributed by atoms with E-state index in [2.05, 4.69) is 447 Å². The number of hydrogen-bond acceptors (Lipinski definition) is 9. The summed E-state index contributed by atoms with van der Waals surface area (Å²) in [6.45, 7) is 0. The van der Waals surface area contributed by atoms with Crippen molar-refractivity contribution in [2.75, 3.05) is 0 Å². The number of nitrogens with zero attached hydrogens (tertiary/aromatic N) is 6. The third-order valence-electron chi connectivity index (χ3n) is 30.3. The average Bonchev–Trinajstić information content (AvgIpc) is 1.53. The van der Waals surface area contributed by atoms with Crippen LogP contribution in [0.1, 0.15) is 44.5 Å². The monoisotopic (exact) mass is 1840 g/mol. The average molecular weight is 1840 g/mol. The van der Waals surface area contributed by atoms with Crippen LogP contribution in [-0.4, -0.2) is 29.5 Å². The van der Waals surface area contributed by atoms with Crippen LogP contribution < -0.4 is 9.47 Å². The maximum atomic E-state index is 7.44. The van der Waals surface area contributed by atoms with Gasteiger partial charge in [-0.15, -0.1) is 11.3 Å². The molecule has 0 fully saturated rings. The van der Waals surface area contributed by atoms with Gasteiger partial charge in [-0.2, -0.15) is 0 Å². The molecular formula is C133H78N6O3S. The second kappa shape index (κ2) is 31.5. The van der Waals surface area contributed by atoms with Gasteiger partial charge in [-0.25, -0.2) is 24.9 Å². The first kappa shape index (κ1) is 80.5. The zero-order chi connectivity index (χ0) is 93.7. The van der Waals surface area contributed by atoms with Crippen molar-refractivity contribution in [2.24, 2.45) is 0 Å². The van der Waals surface area contributed by atoms with Crippen molar-refractivity contribution < 1.29 is 13.9 Å². The molecule has 4 aliphatic rings. The summed E-state index contributed by atoms with van der Waals surface area (Å²) in [5, 5.41) is 7.58. The summed E-state index contributed by atoms with van der Waals surface area (Å²) in [6, 6.07) is 171. The fraction of sp³-hybridized carbons (Fsp3) is 0.0150. The molecule has 26 aromatic rings. The van der Waals surface area contributed by atoms with E-state index in [1.54, 1.807) is 11.3 Å². The molecule has 5 aromatic heterocycles. The van der Waals surface area contributed by atoms with E-state index in [0.29, 0.717) is 23.3 Å². The molecule has 10 heteroatoms. The van der Waals surface area contributed by atoms with Gasteiger partial charge in [-0.05, 0) is 186 Å². The molecule has 2 spiro atoms. The highest BCUT2D eigenvalue weighted by Gasteiger charge is 2.54. The number of furan rings is 1. The molecular weight excluding hydrogens is 1760 g/mol. The molecule has 664 valence electrons. The molecule has 1 unspecified atom stereocenters. The predicted molar refractivity (Wildman–Crippen MR) is 582 cm³/mol. The molecule has 30 rings (SSSR count). The Labute approximate surface area is 826 Å². The third kappa shape index (κ3) is 12.1. The normalized spacial score (nSPS) is 13.8. The van der Waals surface area contributed by atoms with Gasteiger partial charge in [0.15, 0.2) is 23.3 Å². The predicted octanol–water partition coefficient (Wildman–Crippen LogP) is 34.5. The quantitative estimate of drug-likeness (QED) is 0.119. The molecule has 0 saturated heterocycles. The number of benzene rings is 21. The number of thiophene rings is 1. The van der Waals surface area contributed by atoms with Crippen LogP contribution in [0.3, 0.4) is 0 Å². The fourth-order valence-corrected chi connectivity index (χ4v) is 25.2. The van der Waals surface area contributed by atoms with Crippen molar-refractivity contribution >= 4 is 86.2 Å². The van der Waals surface area contributed by atoms with E-state index in [4.69, 9.17) is 38.8 Å². The summed E-state index contributed by atoms with van der Waals surface area (Å²) in [5.41, 5.74) is 36.7. The number of fused-ring (bicyclic) bond motifs is 28. The lowest BCUT2D eigenvalue weighted by Gasteiger charge is -2.41. The highest BCUT2D eigenvalue weighted by atomic mass is 32.1. The fourth-order valence-electron chi connectivity index (χ4n) is 23.9. The number of ether oxygens (including phenoxy) is 2. The summed E-state index contributed by atoms with van der Waals surface area (Å²) in [6.07, 6.45) is 0. The maximum absolute atomic E-state index is 7.44. The second-order valence-electron chi connectivity index (χ2n) is 37.7. The molecule has 9 nitrogen and oxygen atoms in total. The van der Waals surface area contributed by atoms with Crippen LogP contribution in [0.5, 0.6) is 23.0 Å². The highest BCUT2D eigenvalue weighted by Crippen LogP contribution is 2.67. The molecule has 1 atom stereocenters. The zero-order valence-corrected chi connectivity index (χ0v) is 77.7. The SMILES string of the molecule is c1ccc(-c2nc(-c3cccc4c3sc3ccccc34)nc(-c3cccc4oc5ccc(-c6ccc7c(c6)C6(c8ccccc8Oc8ccc(-c9ccc%10c(c9)c9ccccc9n%10-c9ccccc9-c9ccc(-c%10nc(-c%11ccc(-c%12ccc%13c(c%12)C%12(c%14ccccc%14-%13)c%13cccc(-c%14ccccc%14)c%13Oc%13c(-c%14ccccc%14)cccc%13%12)cc%11)c%11ccccc%11n%10)cc9)cc86)c6ccccc6-7)cc5c34)n2)cc1. The van der Waals surface area contributed by atoms with Crippen LogP contribution in [0, 0.1) is 0 Å². The van der Waals surface area contributed by atoms with E-state index >= 15 is 0 Å². The van der Waals surface area contributed by atoms with E-state index in [9.17, 15) is 0 Å². The Hall–Kier alpha value is -18.6. The van der Waals surface area contributed by atoms with Crippen LogP contribution in [0.4, 0.5) is 0 Å². The van der Waals surface area contributed by atoms with Gasteiger partial charge < -0.3 is 18.5 Å². The van der Waals surface area contributed by atoms with E-state index < -0.39 is 10.8 Å². The highest BCUT2D eigenvalue weighted by molar-refractivity contribution is 7.26. The topological polar surface area (TPSA) is 101 Å². The van der Waals surface area contributed by atoms with Crippen molar-refractivity contribution in [1.82, 2.24) is 29.5 Å². The van der Waals surface area contributed by atoms with E-state index in [0.717, 1.165) is 211 Å². The minimum Gasteiger partial charge on any atom is -0.457 e. The van der Waals surface area contributed by atoms with Crippen molar-refractivity contribution in [3.63, 3.8) is 0 Å². The lowest BCUT2D eigenvalue weighted by Crippen LogP contribution is -2.32. The molecule has 0 N–H and O–H groups in total. The van der Waals surface area contributed by atoms with E-state index in [1.807, 2.05) is 30.3 Å². The second-order valence-corrected chi connectivity index (χ2v) is 38.8. The minimum absolute atomic E-state index is 0.566. The number of hydrogen-bond donors (Lipinski definition) is 0. The molecule has 7 heterocycles. The summed E-state index contributed by atoms with van der Waals surface area (Å²) in [4.78, 5) is 26.9. The third-order valence-corrected chi connectivity index (χ3v) is 31.5. The van der Waals surface area contributed by atoms with Gasteiger partial charge in [0, 0.05) is 114 Å². The van der Waals surface area contributed by atoms with Crippen LogP contribution in [-0.2, 0) is 10.8 Å². The van der Waals surface area contributed by atoms with Crippen LogP contribution in [0.2, 0.25) is 0 Å². The van der Waals surface area contributed by atoms with Gasteiger partial charge in [0.25, 0.3) is 0 Å². The standard InChI is InChI=1S/C133H78N6O3S/c1-4-28-80(29-5-1)92-40-25-48-109-125(92)142-126-93(81-30-6-2-7-31-81)41-26-49-110(126)133(109)107-46-17-11-36-95(107)97-69-64-88(76-112(97)133)79-56-60-83(61-57-79)124-101-39-12-19-50-114(101)134-128(135-124)85-62-58-82(59-63-85)91-34-13-20-51-115(91)139-116-52-21-14-37-98(116)104-74-86(66-71-117(104)139)90-68-73-120-113(78-90)132(108-47-18-22-53-119(108)141-120)106-45-16-10-35-94(106)96-70-65-89(77-111(96)132)87-67-72-118-105(75-87)123-102(43-27-54-121(123)140-118)130-136-129(84-32-8-3-9-33-84)137-131(138-130)103-44-24-42-100-99-38-15-23-55-122(99)143-127(100)103/h1-78H. The Balaban J connectivity index is 0.487. The minimum atomic E-state index is -0.789. The summed E-state index contributed by atoms with van der Waals surface area (Å²) in [7, 11) is 0. The molecule has 21 aromatic carbocycles. The maximum Gasteiger partial charge on any atom is 0.165 e. The van der Waals surface area contributed by atoms with Gasteiger partial charge in [0.05, 0.1) is 38.8 Å². The summed E-state index contributed by atoms with van der Waals surface area (Å²) in [5.74, 6) is 5.81. The van der Waals surface area contributed by atoms with Gasteiger partial charge >= 0.3 is 0 Å². The Morgan fingerprint density at radius 1 is 0.217 bits per heavy atom. The van der Waals surface area contributed by atoms with Gasteiger partial charge in [-0.1, -0.05) is 382 Å². The van der Waals surface area contributed by atoms with Crippen molar-refractivity contribution in [3.8, 4) is 175 Å². The Morgan fingerprint density at radius 3 is 1.38 bits per heavy atom. The Morgan fingerprint density at radius 2 is 0.657 bits per heavy atom. The molecule has 0 amide bonds. The van der Waals surface area contributed by atoms with Crippen LogP contribution in [0.15, 0.2) is 478 Å². The largest absolute Gasteiger partial charge is 0.457 e. The molecule has 2 aliphatic carbocycles. The van der Waals surface area contributed by atoms with Gasteiger partial charge in [0.1, 0.15) is 34.2 Å². The molecule has 0 saturated carbocycles. The molecule has 0 radical (unpaired) electrons. The van der Waals surface area contributed by atoms with Gasteiger partial charge in [-0.3, -0.25) is 0 Å². The molecule has 0 bridgehead atoms. The van der Waals surface area contributed by atoms with Gasteiger partial charge in [0.2, 0.25) is 0 Å². The van der Waals surface area contributed by atoms with Crippen molar-refractivity contribution in [2.45, 2.75) is 10.8 Å². The van der Waals surface area contributed by atoms with Crippen LogP contribution in [0.25, 0.3) is 226 Å². The first-order chi connectivity index (χ1) is 70.9. The Bertz CT molecular complexity index is 9780. The smallest absolute Gasteiger partial charge is 0.165 e. The van der Waals surface area contributed by atoms with Crippen LogP contribution >= 0.6 is 11.3 Å². The summed E-state index contributed by atoms with van der Waals surface area (Å²) >= 11 is 1.77. The first-order valence-electron chi connectivity index (χ1n) is 48.6. The lowest BCUT2D eigenvalue weighted by molar-refractivity contribution is 0.436. The van der Waals surface area contributed by atoms with E-state index in [1.165, 1.54) is 60.0 Å². The van der Waals surface area contributed by atoms with Crippen molar-refractivity contribution in [1.29, 1.82) is 0 Å². The lowest BCUT2D eigenvalue weighted by atomic mass is 9.65. The molecule has 143 heavy (non-hydrogen) atoms.